The molecule has 0 spiro atoms. The first kappa shape index (κ1) is 10.5. The summed E-state index contributed by atoms with van der Waals surface area (Å²) in [5.74, 6) is 0.775. The molecule has 1 saturated carbocycles. The van der Waals surface area contributed by atoms with E-state index in [-0.39, 0.29) is 11.8 Å². The Morgan fingerprint density at radius 3 is 3.06 bits per heavy atom. The fraction of sp³-hybridized carbons (Fsp3) is 0.333. The second-order valence-electron chi connectivity index (χ2n) is 4.55. The lowest BCUT2D eigenvalue weighted by Gasteiger charge is -1.97. The number of thiazole rings is 1. The van der Waals surface area contributed by atoms with Gasteiger partial charge in [-0.15, -0.1) is 0 Å². The van der Waals surface area contributed by atoms with Crippen LogP contribution in [0.5, 0.6) is 0 Å². The van der Waals surface area contributed by atoms with Gasteiger partial charge in [0, 0.05) is 11.6 Å². The minimum atomic E-state index is 0.0875. The Balaban J connectivity index is 1.83. The molecule has 1 aliphatic rings. The highest BCUT2D eigenvalue weighted by Gasteiger charge is 2.39. The van der Waals surface area contributed by atoms with E-state index < -0.39 is 0 Å². The molecule has 2 atom stereocenters. The Hall–Kier alpha value is -1.62. The molecule has 1 fully saturated rings. The third-order valence-electron chi connectivity index (χ3n) is 3.09. The van der Waals surface area contributed by atoms with Crippen LogP contribution in [0, 0.1) is 11.8 Å². The van der Waals surface area contributed by atoms with Gasteiger partial charge in [0.1, 0.15) is 0 Å². The summed E-state index contributed by atoms with van der Waals surface area (Å²) in [7, 11) is 0. The normalized spacial score (nSPS) is 22.6. The van der Waals surface area contributed by atoms with Gasteiger partial charge in [-0.1, -0.05) is 18.3 Å². The molecule has 2 aromatic rings. The first-order valence-electron chi connectivity index (χ1n) is 5.60. The molecular formula is C12H13N3OS. The van der Waals surface area contributed by atoms with Crippen LogP contribution in [-0.4, -0.2) is 10.9 Å². The molecule has 17 heavy (non-hydrogen) atoms. The van der Waals surface area contributed by atoms with Crippen molar-refractivity contribution >= 4 is 38.3 Å². The molecule has 2 unspecified atom stereocenters. The van der Waals surface area contributed by atoms with Crippen LogP contribution in [0.15, 0.2) is 18.2 Å². The smallest absolute Gasteiger partial charge is 0.229 e. The largest absolute Gasteiger partial charge is 0.399 e. The highest BCUT2D eigenvalue weighted by Crippen LogP contribution is 2.39. The van der Waals surface area contributed by atoms with Crippen molar-refractivity contribution < 1.29 is 4.79 Å². The highest BCUT2D eigenvalue weighted by atomic mass is 32.1. The van der Waals surface area contributed by atoms with E-state index in [1.807, 2.05) is 18.2 Å². The number of anilines is 2. The molecule has 1 aromatic heterocycles. The fourth-order valence-corrected chi connectivity index (χ4v) is 2.80. The minimum absolute atomic E-state index is 0.0875. The first-order valence-corrected chi connectivity index (χ1v) is 6.42. The molecule has 0 radical (unpaired) electrons. The van der Waals surface area contributed by atoms with Crippen LogP contribution in [-0.2, 0) is 4.79 Å². The minimum Gasteiger partial charge on any atom is -0.399 e. The van der Waals surface area contributed by atoms with Gasteiger partial charge in [-0.25, -0.2) is 4.98 Å². The maximum Gasteiger partial charge on any atom is 0.229 e. The van der Waals surface area contributed by atoms with E-state index in [2.05, 4.69) is 17.2 Å². The Labute approximate surface area is 103 Å². The zero-order valence-corrected chi connectivity index (χ0v) is 10.3. The molecule has 1 heterocycles. The number of nitrogens with one attached hydrogen (secondary N) is 1. The van der Waals surface area contributed by atoms with Gasteiger partial charge in [-0.2, -0.15) is 0 Å². The van der Waals surface area contributed by atoms with Crippen molar-refractivity contribution in [2.75, 3.05) is 11.1 Å². The topological polar surface area (TPSA) is 68.0 Å². The van der Waals surface area contributed by atoms with Crippen LogP contribution in [0.4, 0.5) is 10.8 Å². The van der Waals surface area contributed by atoms with Crippen molar-refractivity contribution in [1.82, 2.24) is 4.98 Å². The van der Waals surface area contributed by atoms with Crippen LogP contribution >= 0.6 is 11.3 Å². The number of rotatable bonds is 2. The summed E-state index contributed by atoms with van der Waals surface area (Å²) in [5, 5.41) is 3.53. The number of aromatic nitrogens is 1. The second-order valence-corrected chi connectivity index (χ2v) is 5.59. The maximum atomic E-state index is 11.8. The van der Waals surface area contributed by atoms with Gasteiger partial charge in [-0.3, -0.25) is 4.79 Å². The average molecular weight is 247 g/mol. The third kappa shape index (κ3) is 1.98. The van der Waals surface area contributed by atoms with E-state index in [1.165, 1.54) is 11.3 Å². The van der Waals surface area contributed by atoms with E-state index >= 15 is 0 Å². The summed E-state index contributed by atoms with van der Waals surface area (Å²) in [5.41, 5.74) is 7.30. The second kappa shape index (κ2) is 3.70. The van der Waals surface area contributed by atoms with Crippen molar-refractivity contribution in [3.63, 3.8) is 0 Å². The van der Waals surface area contributed by atoms with E-state index in [0.29, 0.717) is 11.0 Å². The number of carbonyl (C=O) groups is 1. The number of nitrogen functional groups attached to an aromatic ring is 1. The van der Waals surface area contributed by atoms with Gasteiger partial charge in [0.25, 0.3) is 0 Å². The number of hydrogen-bond donors (Lipinski definition) is 2. The molecule has 1 amide bonds. The van der Waals surface area contributed by atoms with Crippen molar-refractivity contribution in [3.05, 3.63) is 18.2 Å². The Morgan fingerprint density at radius 2 is 2.35 bits per heavy atom. The average Bonchev–Trinajstić information content (AvgIpc) is 2.87. The number of nitrogens with two attached hydrogens (primary N) is 1. The lowest BCUT2D eigenvalue weighted by atomic mass is 10.3. The molecule has 88 valence electrons. The molecule has 1 aromatic carbocycles. The Bertz CT molecular complexity index is 592. The number of benzene rings is 1. The summed E-state index contributed by atoms with van der Waals surface area (Å²) in [6, 6.07) is 5.57. The molecule has 0 aliphatic heterocycles. The zero-order chi connectivity index (χ0) is 12.0. The van der Waals surface area contributed by atoms with Gasteiger partial charge in [0.2, 0.25) is 5.91 Å². The molecule has 0 saturated heterocycles. The lowest BCUT2D eigenvalue weighted by Crippen LogP contribution is -2.14. The van der Waals surface area contributed by atoms with E-state index in [9.17, 15) is 4.79 Å². The summed E-state index contributed by atoms with van der Waals surface area (Å²) in [6.45, 7) is 2.09. The number of carbonyl (C=O) groups excluding carboxylic acids is 1. The van der Waals surface area contributed by atoms with Crippen molar-refractivity contribution in [2.45, 2.75) is 13.3 Å². The zero-order valence-electron chi connectivity index (χ0n) is 9.43. The van der Waals surface area contributed by atoms with E-state index in [1.54, 1.807) is 0 Å². The fourth-order valence-electron chi connectivity index (χ4n) is 1.88. The summed E-state index contributed by atoms with van der Waals surface area (Å²) >= 11 is 1.46. The van der Waals surface area contributed by atoms with Crippen molar-refractivity contribution in [2.24, 2.45) is 11.8 Å². The third-order valence-corrected chi connectivity index (χ3v) is 4.02. The SMILES string of the molecule is CC1CC1C(=O)Nc1nc2ccc(N)cc2s1. The van der Waals surface area contributed by atoms with Crippen LogP contribution in [0.25, 0.3) is 10.2 Å². The predicted octanol–water partition coefficient (Wildman–Crippen LogP) is 2.47. The Kier molecular flexibility index (Phi) is 2.29. The molecule has 3 N–H and O–H groups in total. The number of amides is 1. The lowest BCUT2D eigenvalue weighted by molar-refractivity contribution is -0.117. The van der Waals surface area contributed by atoms with Crippen LogP contribution in [0.3, 0.4) is 0 Å². The summed E-state index contributed by atoms with van der Waals surface area (Å²) in [4.78, 5) is 16.1. The maximum absolute atomic E-state index is 11.8. The Morgan fingerprint density at radius 1 is 1.59 bits per heavy atom. The quantitative estimate of drug-likeness (QED) is 0.801. The standard InChI is InChI=1S/C12H13N3OS/c1-6-4-8(6)11(16)15-12-14-9-3-2-7(13)5-10(9)17-12/h2-3,5-6,8H,4,13H2,1H3,(H,14,15,16). The van der Waals surface area contributed by atoms with Gasteiger partial charge >= 0.3 is 0 Å². The monoisotopic (exact) mass is 247 g/mol. The van der Waals surface area contributed by atoms with Gasteiger partial charge in [0.15, 0.2) is 5.13 Å². The molecule has 0 bridgehead atoms. The van der Waals surface area contributed by atoms with Gasteiger partial charge in [-0.05, 0) is 30.5 Å². The molecule has 1 aliphatic carbocycles. The van der Waals surface area contributed by atoms with Crippen LogP contribution in [0.2, 0.25) is 0 Å². The molecule has 4 nitrogen and oxygen atoms in total. The summed E-state index contributed by atoms with van der Waals surface area (Å²) < 4.78 is 1.00. The number of nitrogens with zero attached hydrogens (tertiary/aromatic N) is 1. The first-order chi connectivity index (χ1) is 8.13. The number of fused-ring (bicyclic) bond motifs is 1. The molecule has 5 heteroatoms. The predicted molar refractivity (Wildman–Crippen MR) is 69.9 cm³/mol. The van der Waals surface area contributed by atoms with E-state index in [0.717, 1.165) is 22.3 Å². The van der Waals surface area contributed by atoms with Gasteiger partial charge < -0.3 is 11.1 Å². The summed E-state index contributed by atoms with van der Waals surface area (Å²) in [6.07, 6.45) is 0.990. The van der Waals surface area contributed by atoms with Crippen molar-refractivity contribution in [1.29, 1.82) is 0 Å². The molecule has 3 rings (SSSR count). The van der Waals surface area contributed by atoms with Gasteiger partial charge in [0.05, 0.1) is 10.2 Å². The van der Waals surface area contributed by atoms with Crippen molar-refractivity contribution in [3.8, 4) is 0 Å². The van der Waals surface area contributed by atoms with Crippen LogP contribution in [0.1, 0.15) is 13.3 Å². The number of hydrogen-bond acceptors (Lipinski definition) is 4. The van der Waals surface area contributed by atoms with E-state index in [4.69, 9.17) is 5.73 Å². The van der Waals surface area contributed by atoms with Crippen LogP contribution < -0.4 is 11.1 Å². The highest BCUT2D eigenvalue weighted by molar-refractivity contribution is 7.22. The molecular weight excluding hydrogens is 234 g/mol.